The molecule has 0 aliphatic rings. The summed E-state index contributed by atoms with van der Waals surface area (Å²) in [6, 6.07) is 34.5. The Balaban J connectivity index is 1.38. The maximum Gasteiger partial charge on any atom is 0.335 e. The van der Waals surface area contributed by atoms with E-state index in [4.69, 9.17) is 0 Å². The first-order valence-corrected chi connectivity index (χ1v) is 15.7. The zero-order chi connectivity index (χ0) is 34.0. The van der Waals surface area contributed by atoms with E-state index < -0.39 is 28.9 Å². The number of aryl methyl sites for hydroxylation is 1. The van der Waals surface area contributed by atoms with Gasteiger partial charge in [0.05, 0.1) is 5.56 Å². The van der Waals surface area contributed by atoms with Gasteiger partial charge in [0.25, 0.3) is 11.8 Å². The molecule has 1 atom stereocenters. The average molecular weight is 660 g/mol. The highest BCUT2D eigenvalue weighted by Gasteiger charge is 2.24. The second-order valence-corrected chi connectivity index (χ2v) is 11.8. The Hall–Kier alpha value is -6.00. The Morgan fingerprint density at radius 2 is 1.44 bits per heavy atom. The molecule has 48 heavy (non-hydrogen) atoms. The van der Waals surface area contributed by atoms with Gasteiger partial charge in [0.1, 0.15) is 16.8 Å². The van der Waals surface area contributed by atoms with Gasteiger partial charge in [0.2, 0.25) is 5.91 Å². The highest BCUT2D eigenvalue weighted by atomic mass is 32.2. The molecule has 0 bridgehead atoms. The van der Waals surface area contributed by atoms with Gasteiger partial charge >= 0.3 is 5.97 Å². The van der Waals surface area contributed by atoms with Crippen molar-refractivity contribution in [3.8, 4) is 0 Å². The largest absolute Gasteiger partial charge is 0.478 e. The molecule has 0 heterocycles. The number of carboxylic acid groups (broad SMARTS) is 1. The Morgan fingerprint density at radius 3 is 2.12 bits per heavy atom. The number of nitrogens with one attached hydrogen (secondary N) is 3. The number of anilines is 2. The van der Waals surface area contributed by atoms with Crippen molar-refractivity contribution in [1.82, 2.24) is 5.32 Å². The molecule has 0 saturated heterocycles. The zero-order valence-electron chi connectivity index (χ0n) is 25.6. The summed E-state index contributed by atoms with van der Waals surface area (Å²) in [5.41, 5.74) is 3.06. The average Bonchev–Trinajstić information content (AvgIpc) is 3.09. The van der Waals surface area contributed by atoms with Crippen molar-refractivity contribution < 1.29 is 28.7 Å². The van der Waals surface area contributed by atoms with Gasteiger partial charge < -0.3 is 21.1 Å². The molecular weight excluding hydrogens is 629 g/mol. The van der Waals surface area contributed by atoms with Gasteiger partial charge in [-0.3, -0.25) is 14.4 Å². The standard InChI is InChI=1S/C38H30FN3O5S/c1-24-15-18-28(38(46)47)22-32(24)41-37(45)34(26-9-4-2-5-10-26)48-31-14-8-13-30(23-31)40-36(44)33(21-25-16-19-29(39)20-17-25)42-35(43)27-11-6-3-7-12-27/h2-23,34H,1H3,(H,40,44)(H,41,45)(H,42,43)(H,46,47)/b33-21+. The molecule has 240 valence electrons. The molecule has 3 amide bonds. The van der Waals surface area contributed by atoms with Crippen LogP contribution < -0.4 is 16.0 Å². The lowest BCUT2D eigenvalue weighted by Gasteiger charge is -2.19. The molecule has 0 saturated carbocycles. The van der Waals surface area contributed by atoms with Crippen LogP contribution in [0.4, 0.5) is 15.8 Å². The molecule has 5 aromatic carbocycles. The van der Waals surface area contributed by atoms with E-state index in [2.05, 4.69) is 16.0 Å². The minimum absolute atomic E-state index is 0.0519. The summed E-state index contributed by atoms with van der Waals surface area (Å²) in [4.78, 5) is 52.4. The number of benzene rings is 5. The SMILES string of the molecule is Cc1ccc(C(=O)O)cc1NC(=O)C(Sc1cccc(NC(=O)/C(=C\c2ccc(F)cc2)NC(=O)c2ccccc2)c1)c1ccccc1. The van der Waals surface area contributed by atoms with Crippen LogP contribution >= 0.6 is 11.8 Å². The first-order chi connectivity index (χ1) is 23.2. The summed E-state index contributed by atoms with van der Waals surface area (Å²) < 4.78 is 13.5. The van der Waals surface area contributed by atoms with E-state index in [1.54, 1.807) is 67.6 Å². The monoisotopic (exact) mass is 659 g/mol. The Morgan fingerprint density at radius 1 is 0.750 bits per heavy atom. The first kappa shape index (κ1) is 33.4. The van der Waals surface area contributed by atoms with E-state index in [9.17, 15) is 28.7 Å². The highest BCUT2D eigenvalue weighted by Crippen LogP contribution is 2.37. The summed E-state index contributed by atoms with van der Waals surface area (Å²) in [7, 11) is 0. The van der Waals surface area contributed by atoms with Crippen LogP contribution in [0.3, 0.4) is 0 Å². The van der Waals surface area contributed by atoms with E-state index in [1.807, 2.05) is 30.3 Å². The van der Waals surface area contributed by atoms with Crippen molar-refractivity contribution >= 4 is 52.9 Å². The van der Waals surface area contributed by atoms with Crippen LogP contribution in [0.1, 0.15) is 42.7 Å². The van der Waals surface area contributed by atoms with Crippen molar-refractivity contribution in [2.75, 3.05) is 10.6 Å². The van der Waals surface area contributed by atoms with E-state index >= 15 is 0 Å². The van der Waals surface area contributed by atoms with Gasteiger partial charge in [0.15, 0.2) is 0 Å². The van der Waals surface area contributed by atoms with Crippen LogP contribution in [0, 0.1) is 12.7 Å². The lowest BCUT2D eigenvalue weighted by atomic mass is 10.1. The Labute approximate surface area is 280 Å². The van der Waals surface area contributed by atoms with Crippen LogP contribution in [0.5, 0.6) is 0 Å². The molecule has 10 heteroatoms. The van der Waals surface area contributed by atoms with Crippen LogP contribution in [-0.2, 0) is 9.59 Å². The highest BCUT2D eigenvalue weighted by molar-refractivity contribution is 8.00. The number of carbonyl (C=O) groups excluding carboxylic acids is 3. The number of carbonyl (C=O) groups is 4. The predicted octanol–water partition coefficient (Wildman–Crippen LogP) is 7.71. The van der Waals surface area contributed by atoms with E-state index in [1.165, 1.54) is 54.2 Å². The van der Waals surface area contributed by atoms with Crippen LogP contribution in [-0.4, -0.2) is 28.8 Å². The molecule has 4 N–H and O–H groups in total. The molecule has 8 nitrogen and oxygen atoms in total. The maximum absolute atomic E-state index is 13.7. The molecule has 0 spiro atoms. The van der Waals surface area contributed by atoms with Gasteiger partial charge in [-0.1, -0.05) is 72.8 Å². The van der Waals surface area contributed by atoms with Crippen LogP contribution in [0.15, 0.2) is 138 Å². The lowest BCUT2D eigenvalue weighted by molar-refractivity contribution is -0.116. The molecule has 0 radical (unpaired) electrons. The van der Waals surface area contributed by atoms with E-state index in [-0.39, 0.29) is 17.2 Å². The summed E-state index contributed by atoms with van der Waals surface area (Å²) >= 11 is 1.25. The molecule has 0 fully saturated rings. The third-order valence-corrected chi connectivity index (χ3v) is 8.39. The van der Waals surface area contributed by atoms with E-state index in [0.717, 1.165) is 5.56 Å². The molecular formula is C38H30FN3O5S. The normalized spacial score (nSPS) is 11.7. The number of halogens is 1. The zero-order valence-corrected chi connectivity index (χ0v) is 26.5. The predicted molar refractivity (Wildman–Crippen MR) is 185 cm³/mol. The molecule has 0 aliphatic heterocycles. The molecule has 0 aromatic heterocycles. The summed E-state index contributed by atoms with van der Waals surface area (Å²) in [6.45, 7) is 1.78. The second kappa shape index (κ2) is 15.5. The molecule has 0 aliphatic carbocycles. The van der Waals surface area contributed by atoms with Gasteiger partial charge in [-0.25, -0.2) is 9.18 Å². The fourth-order valence-corrected chi connectivity index (χ4v) is 5.72. The molecule has 1 unspecified atom stereocenters. The lowest BCUT2D eigenvalue weighted by Crippen LogP contribution is -2.30. The Kier molecular flexibility index (Phi) is 10.8. The maximum atomic E-state index is 13.7. The van der Waals surface area contributed by atoms with Crippen molar-refractivity contribution in [1.29, 1.82) is 0 Å². The van der Waals surface area contributed by atoms with Crippen molar-refractivity contribution in [3.05, 3.63) is 167 Å². The number of thioether (sulfide) groups is 1. The molecule has 5 aromatic rings. The van der Waals surface area contributed by atoms with Crippen molar-refractivity contribution in [2.24, 2.45) is 0 Å². The van der Waals surface area contributed by atoms with Crippen LogP contribution in [0.25, 0.3) is 6.08 Å². The minimum atomic E-state index is -1.10. The van der Waals surface area contributed by atoms with Gasteiger partial charge in [-0.05, 0) is 84.3 Å². The number of carboxylic acids is 1. The fraction of sp³-hybridized carbons (Fsp3) is 0.0526. The van der Waals surface area contributed by atoms with Crippen molar-refractivity contribution in [2.45, 2.75) is 17.1 Å². The summed E-state index contributed by atoms with van der Waals surface area (Å²) in [5, 5.41) is 17.1. The van der Waals surface area contributed by atoms with E-state index in [0.29, 0.717) is 33.0 Å². The minimum Gasteiger partial charge on any atom is -0.478 e. The second-order valence-electron chi connectivity index (χ2n) is 10.6. The van der Waals surface area contributed by atoms with Gasteiger partial charge in [0, 0.05) is 21.8 Å². The quantitative estimate of drug-likeness (QED) is 0.0851. The van der Waals surface area contributed by atoms with Gasteiger partial charge in [-0.2, -0.15) is 0 Å². The summed E-state index contributed by atoms with van der Waals surface area (Å²) in [6.07, 6.45) is 1.45. The van der Waals surface area contributed by atoms with Crippen LogP contribution in [0.2, 0.25) is 0 Å². The first-order valence-electron chi connectivity index (χ1n) is 14.8. The van der Waals surface area contributed by atoms with Gasteiger partial charge in [-0.15, -0.1) is 11.8 Å². The Bertz CT molecular complexity index is 1980. The number of hydrogen-bond donors (Lipinski definition) is 4. The topological polar surface area (TPSA) is 125 Å². The van der Waals surface area contributed by atoms with Crippen molar-refractivity contribution in [3.63, 3.8) is 0 Å². The smallest absolute Gasteiger partial charge is 0.335 e. The fourth-order valence-electron chi connectivity index (χ4n) is 4.64. The summed E-state index contributed by atoms with van der Waals surface area (Å²) in [5.74, 6) is -3.01. The number of rotatable bonds is 11. The third kappa shape index (κ3) is 8.83. The number of amides is 3. The molecule has 5 rings (SSSR count). The number of aromatic carboxylic acids is 1. The third-order valence-electron chi connectivity index (χ3n) is 7.14. The number of hydrogen-bond acceptors (Lipinski definition) is 5.